The van der Waals surface area contributed by atoms with Crippen LogP contribution in [0, 0.1) is 0 Å². The van der Waals surface area contributed by atoms with Crippen LogP contribution in [0.2, 0.25) is 0 Å². The first-order valence-corrected chi connectivity index (χ1v) is 36.1. The van der Waals surface area contributed by atoms with Crippen LogP contribution in [-0.4, -0.2) is 37.2 Å². The smallest absolute Gasteiger partial charge is 0.306 e. The average Bonchev–Trinajstić information content (AvgIpc) is 3.50. The lowest BCUT2D eigenvalue weighted by Crippen LogP contribution is -2.30. The topological polar surface area (TPSA) is 78.9 Å². The van der Waals surface area contributed by atoms with Gasteiger partial charge in [0.15, 0.2) is 6.10 Å². The number of ether oxygens (including phenoxy) is 3. The zero-order chi connectivity index (χ0) is 59.9. The van der Waals surface area contributed by atoms with E-state index in [1.165, 1.54) is 231 Å². The van der Waals surface area contributed by atoms with E-state index < -0.39 is 6.10 Å². The second-order valence-corrected chi connectivity index (χ2v) is 24.1. The number of carbonyl (C=O) groups excluding carboxylic acids is 3. The lowest BCUT2D eigenvalue weighted by Gasteiger charge is -2.18. The summed E-state index contributed by atoms with van der Waals surface area (Å²) in [4.78, 5) is 38.5. The van der Waals surface area contributed by atoms with Gasteiger partial charge in [0.1, 0.15) is 13.2 Å². The Balaban J connectivity index is 4.36. The van der Waals surface area contributed by atoms with Crippen LogP contribution in [-0.2, 0) is 28.6 Å². The molecule has 0 saturated heterocycles. The molecule has 0 rings (SSSR count). The van der Waals surface area contributed by atoms with Crippen molar-refractivity contribution in [2.24, 2.45) is 0 Å². The molecular formula is C77H136O6. The molecule has 6 nitrogen and oxygen atoms in total. The predicted octanol–water partition coefficient (Wildman–Crippen LogP) is 25.0. The second-order valence-electron chi connectivity index (χ2n) is 24.1. The van der Waals surface area contributed by atoms with Gasteiger partial charge >= 0.3 is 17.9 Å². The van der Waals surface area contributed by atoms with Crippen molar-refractivity contribution in [3.05, 3.63) is 85.1 Å². The summed E-state index contributed by atoms with van der Waals surface area (Å²) in [6.07, 6.45) is 94.6. The predicted molar refractivity (Wildman–Crippen MR) is 362 cm³/mol. The van der Waals surface area contributed by atoms with Crippen LogP contribution in [0.25, 0.3) is 0 Å². The largest absolute Gasteiger partial charge is 0.462 e. The van der Waals surface area contributed by atoms with Gasteiger partial charge in [0.05, 0.1) is 0 Å². The standard InChI is InChI=1S/C77H136O6/c1-4-7-10-13-16-19-22-25-28-31-34-36-37-38-39-41-43-46-49-52-55-58-61-64-67-70-76(79)82-73-74(72-81-75(78)69-66-63-60-57-54-51-48-45-42-33-30-27-24-21-18-15-12-9-6-3)83-77(80)71-68-65-62-59-56-53-50-47-44-40-35-32-29-26-23-20-17-14-11-8-5-2/h8,11,17,20,22,25-27,29-31,34-35,40,74H,4-7,9-10,12-16,18-19,21,23-24,28,32-33,36-39,41-73H2,1-3H3/b11-8-,20-17-,25-22-,29-26-,30-27-,34-31-,40-35-. The first kappa shape index (κ1) is 79.6. The second kappa shape index (κ2) is 71.1. The van der Waals surface area contributed by atoms with Crippen molar-refractivity contribution in [2.45, 2.75) is 374 Å². The van der Waals surface area contributed by atoms with E-state index >= 15 is 0 Å². The number of hydrogen-bond acceptors (Lipinski definition) is 6. The minimum atomic E-state index is -0.784. The minimum Gasteiger partial charge on any atom is -0.462 e. The monoisotopic (exact) mass is 1160 g/mol. The summed E-state index contributed by atoms with van der Waals surface area (Å²) in [6, 6.07) is 0. The van der Waals surface area contributed by atoms with Crippen molar-refractivity contribution in [3.8, 4) is 0 Å². The summed E-state index contributed by atoms with van der Waals surface area (Å²) < 4.78 is 17.0. The Hall–Kier alpha value is -3.41. The molecule has 0 aromatic heterocycles. The van der Waals surface area contributed by atoms with Crippen molar-refractivity contribution >= 4 is 17.9 Å². The zero-order valence-electron chi connectivity index (χ0n) is 55.2. The van der Waals surface area contributed by atoms with Crippen LogP contribution in [0.5, 0.6) is 0 Å². The highest BCUT2D eigenvalue weighted by atomic mass is 16.6. The van der Waals surface area contributed by atoms with Crippen molar-refractivity contribution in [1.82, 2.24) is 0 Å². The summed E-state index contributed by atoms with van der Waals surface area (Å²) in [6.45, 7) is 6.56. The van der Waals surface area contributed by atoms with E-state index in [1.54, 1.807) is 0 Å². The molecule has 0 spiro atoms. The average molecular weight is 1160 g/mol. The summed E-state index contributed by atoms with van der Waals surface area (Å²) in [5.74, 6) is -0.869. The molecule has 1 atom stereocenters. The summed E-state index contributed by atoms with van der Waals surface area (Å²) in [5.41, 5.74) is 0. The molecule has 83 heavy (non-hydrogen) atoms. The van der Waals surface area contributed by atoms with Gasteiger partial charge in [0, 0.05) is 19.3 Å². The molecule has 0 heterocycles. The van der Waals surface area contributed by atoms with Gasteiger partial charge in [-0.2, -0.15) is 0 Å². The van der Waals surface area contributed by atoms with E-state index in [1.807, 2.05) is 0 Å². The van der Waals surface area contributed by atoms with Crippen molar-refractivity contribution in [2.75, 3.05) is 13.2 Å². The number of hydrogen-bond donors (Lipinski definition) is 0. The Labute approximate surface area is 515 Å². The van der Waals surface area contributed by atoms with Gasteiger partial charge in [-0.05, 0) is 116 Å². The maximum atomic E-state index is 13.0. The van der Waals surface area contributed by atoms with Crippen molar-refractivity contribution in [3.63, 3.8) is 0 Å². The molecule has 0 aliphatic carbocycles. The molecule has 0 N–H and O–H groups in total. The fourth-order valence-electron chi connectivity index (χ4n) is 10.5. The molecular weight excluding hydrogens is 1020 g/mol. The van der Waals surface area contributed by atoms with E-state index in [0.717, 1.165) is 96.3 Å². The number of unbranched alkanes of at least 4 members (excludes halogenated alkanes) is 41. The molecule has 0 aromatic carbocycles. The highest BCUT2D eigenvalue weighted by molar-refractivity contribution is 5.71. The number of allylic oxidation sites excluding steroid dienone is 14. The van der Waals surface area contributed by atoms with Crippen molar-refractivity contribution in [1.29, 1.82) is 0 Å². The molecule has 0 radical (unpaired) electrons. The lowest BCUT2D eigenvalue weighted by molar-refractivity contribution is -0.167. The third-order valence-corrected chi connectivity index (χ3v) is 15.9. The van der Waals surface area contributed by atoms with E-state index in [9.17, 15) is 14.4 Å². The van der Waals surface area contributed by atoms with Crippen LogP contribution in [0.3, 0.4) is 0 Å². The number of rotatable bonds is 66. The molecule has 480 valence electrons. The highest BCUT2D eigenvalue weighted by Crippen LogP contribution is 2.17. The third kappa shape index (κ3) is 69.3. The van der Waals surface area contributed by atoms with Crippen LogP contribution < -0.4 is 0 Å². The Morgan fingerprint density at radius 2 is 0.470 bits per heavy atom. The molecule has 0 aliphatic rings. The quantitative estimate of drug-likeness (QED) is 0.0261. The third-order valence-electron chi connectivity index (χ3n) is 15.9. The first-order valence-electron chi connectivity index (χ1n) is 36.1. The Kier molecular flexibility index (Phi) is 68.2. The maximum absolute atomic E-state index is 13.0. The lowest BCUT2D eigenvalue weighted by atomic mass is 10.0. The molecule has 6 heteroatoms. The SMILES string of the molecule is CC/C=C\C/C=C\C/C=C\C/C=C\CCCCCCCCCCC(=O)OC(COC(=O)CCCCCCCCCCC/C=C\CCCCCCCC)COC(=O)CCCCCCCCCCCCCCC/C=C\C/C=C\CCCCCCC. The van der Waals surface area contributed by atoms with E-state index in [0.29, 0.717) is 19.3 Å². The Morgan fingerprint density at radius 1 is 0.253 bits per heavy atom. The summed E-state index contributed by atoms with van der Waals surface area (Å²) in [5, 5.41) is 0. The molecule has 0 bridgehead atoms. The maximum Gasteiger partial charge on any atom is 0.306 e. The zero-order valence-corrected chi connectivity index (χ0v) is 55.2. The van der Waals surface area contributed by atoms with Crippen LogP contribution in [0.15, 0.2) is 85.1 Å². The van der Waals surface area contributed by atoms with Gasteiger partial charge < -0.3 is 14.2 Å². The summed E-state index contributed by atoms with van der Waals surface area (Å²) in [7, 11) is 0. The number of carbonyl (C=O) groups is 3. The van der Waals surface area contributed by atoms with Gasteiger partial charge in [-0.15, -0.1) is 0 Å². The minimum absolute atomic E-state index is 0.0785. The molecule has 1 unspecified atom stereocenters. The fourth-order valence-corrected chi connectivity index (χ4v) is 10.5. The molecule has 0 aliphatic heterocycles. The number of esters is 3. The molecule has 0 amide bonds. The van der Waals surface area contributed by atoms with E-state index in [2.05, 4.69) is 106 Å². The van der Waals surface area contributed by atoms with Crippen LogP contribution >= 0.6 is 0 Å². The fraction of sp³-hybridized carbons (Fsp3) is 0.779. The molecule has 0 aromatic rings. The first-order chi connectivity index (χ1) is 41.0. The van der Waals surface area contributed by atoms with Gasteiger partial charge in [0.2, 0.25) is 0 Å². The Morgan fingerprint density at radius 3 is 0.747 bits per heavy atom. The van der Waals surface area contributed by atoms with Gasteiger partial charge in [-0.3, -0.25) is 14.4 Å². The van der Waals surface area contributed by atoms with E-state index in [-0.39, 0.29) is 31.1 Å². The van der Waals surface area contributed by atoms with Gasteiger partial charge in [0.25, 0.3) is 0 Å². The van der Waals surface area contributed by atoms with Gasteiger partial charge in [-0.1, -0.05) is 318 Å². The molecule has 0 saturated carbocycles. The molecule has 0 fully saturated rings. The van der Waals surface area contributed by atoms with Crippen LogP contribution in [0.4, 0.5) is 0 Å². The van der Waals surface area contributed by atoms with Crippen LogP contribution in [0.1, 0.15) is 367 Å². The normalized spacial score (nSPS) is 12.6. The van der Waals surface area contributed by atoms with E-state index in [4.69, 9.17) is 14.2 Å². The van der Waals surface area contributed by atoms with Crippen molar-refractivity contribution < 1.29 is 28.6 Å². The highest BCUT2D eigenvalue weighted by Gasteiger charge is 2.19. The summed E-state index contributed by atoms with van der Waals surface area (Å²) >= 11 is 0. The Bertz CT molecular complexity index is 1570. The van der Waals surface area contributed by atoms with Gasteiger partial charge in [-0.25, -0.2) is 0 Å².